The minimum atomic E-state index is -4.28. The van der Waals surface area contributed by atoms with Crippen molar-refractivity contribution >= 4 is 29.2 Å². The maximum absolute atomic E-state index is 12.5. The molecule has 0 fully saturated rings. The summed E-state index contributed by atoms with van der Waals surface area (Å²) in [5.41, 5.74) is -0.607. The highest BCUT2D eigenvalue weighted by molar-refractivity contribution is 9.10. The third-order valence-electron chi connectivity index (χ3n) is 2.14. The second-order valence-corrected chi connectivity index (χ2v) is 10.4. The molecule has 15 heavy (non-hydrogen) atoms. The van der Waals surface area contributed by atoms with Crippen molar-refractivity contribution in [2.24, 2.45) is 0 Å². The first-order valence-electron chi connectivity index (χ1n) is 4.49. The predicted octanol–water partition coefficient (Wildman–Crippen LogP) is 4.01. The number of benzene rings is 1. The Morgan fingerprint density at radius 1 is 1.13 bits per heavy atom. The minimum absolute atomic E-state index is 0.134. The summed E-state index contributed by atoms with van der Waals surface area (Å²) in [5.74, 6) is 0. The van der Waals surface area contributed by atoms with Gasteiger partial charge in [-0.1, -0.05) is 46.8 Å². The normalized spacial score (nSPS) is 13.0. The van der Waals surface area contributed by atoms with E-state index in [4.69, 9.17) is 0 Å². The molecule has 0 unspecified atom stereocenters. The second-order valence-electron chi connectivity index (χ2n) is 4.44. The maximum Gasteiger partial charge on any atom is 0.417 e. The van der Waals surface area contributed by atoms with Gasteiger partial charge in [-0.2, -0.15) is 13.2 Å². The van der Waals surface area contributed by atoms with Gasteiger partial charge in [-0.15, -0.1) is 0 Å². The molecule has 1 aromatic carbocycles. The van der Waals surface area contributed by atoms with Crippen LogP contribution in [0.5, 0.6) is 0 Å². The zero-order valence-electron chi connectivity index (χ0n) is 8.74. The fraction of sp³-hybridized carbons (Fsp3) is 0.400. The summed E-state index contributed by atoms with van der Waals surface area (Å²) >= 11 is 2.98. The third kappa shape index (κ3) is 3.08. The lowest BCUT2D eigenvalue weighted by atomic mass is 10.2. The van der Waals surface area contributed by atoms with Crippen LogP contribution < -0.4 is 5.19 Å². The van der Waals surface area contributed by atoms with Crippen LogP contribution in [0, 0.1) is 0 Å². The van der Waals surface area contributed by atoms with Crippen molar-refractivity contribution in [3.8, 4) is 0 Å². The molecule has 0 spiro atoms. The molecule has 5 heteroatoms. The van der Waals surface area contributed by atoms with E-state index in [1.54, 1.807) is 12.1 Å². The van der Waals surface area contributed by atoms with Gasteiger partial charge in [0.25, 0.3) is 0 Å². The molecule has 0 heterocycles. The van der Waals surface area contributed by atoms with Crippen LogP contribution in [-0.4, -0.2) is 8.07 Å². The number of alkyl halides is 3. The Balaban J connectivity index is 3.21. The van der Waals surface area contributed by atoms with Gasteiger partial charge in [-0.3, -0.25) is 0 Å². The largest absolute Gasteiger partial charge is 0.417 e. The molecule has 0 aliphatic carbocycles. The first-order chi connectivity index (χ1) is 6.62. The van der Waals surface area contributed by atoms with Crippen LogP contribution >= 0.6 is 15.9 Å². The van der Waals surface area contributed by atoms with Gasteiger partial charge in [0.05, 0.1) is 13.6 Å². The number of hydrogen-bond acceptors (Lipinski definition) is 0. The molecular weight excluding hydrogens is 285 g/mol. The van der Waals surface area contributed by atoms with E-state index in [1.807, 2.05) is 0 Å². The summed E-state index contributed by atoms with van der Waals surface area (Å²) in [4.78, 5) is 0. The van der Waals surface area contributed by atoms with Crippen molar-refractivity contribution in [1.29, 1.82) is 0 Å². The van der Waals surface area contributed by atoms with E-state index < -0.39 is 19.8 Å². The Morgan fingerprint density at radius 3 is 2.00 bits per heavy atom. The number of hydrogen-bond donors (Lipinski definition) is 0. The average molecular weight is 297 g/mol. The Morgan fingerprint density at radius 2 is 1.67 bits per heavy atom. The fourth-order valence-corrected chi connectivity index (χ4v) is 3.19. The molecule has 0 atom stereocenters. The van der Waals surface area contributed by atoms with Gasteiger partial charge in [0.1, 0.15) is 0 Å². The van der Waals surface area contributed by atoms with Crippen LogP contribution in [0.3, 0.4) is 0 Å². The van der Waals surface area contributed by atoms with E-state index in [0.29, 0.717) is 0 Å². The molecule has 0 N–H and O–H groups in total. The smallest absolute Gasteiger partial charge is 0.166 e. The molecule has 0 aliphatic rings. The molecule has 0 aromatic heterocycles. The van der Waals surface area contributed by atoms with Crippen LogP contribution in [0.25, 0.3) is 0 Å². The first-order valence-corrected chi connectivity index (χ1v) is 8.79. The summed E-state index contributed by atoms with van der Waals surface area (Å²) in [7, 11) is -1.54. The lowest BCUT2D eigenvalue weighted by Crippen LogP contribution is -2.37. The molecule has 0 bridgehead atoms. The standard InChI is InChI=1S/C10H12BrF3Si/c1-15(2,3)7-4-5-8(9(11)6-7)10(12,13)14/h4-6H,1-3H3. The predicted molar refractivity (Wildman–Crippen MR) is 62.1 cm³/mol. The highest BCUT2D eigenvalue weighted by Gasteiger charge is 2.33. The SMILES string of the molecule is C[Si](C)(C)c1ccc(C(F)(F)F)c(Br)c1. The molecule has 1 aromatic rings. The fourth-order valence-electron chi connectivity index (χ4n) is 1.21. The maximum atomic E-state index is 12.5. The van der Waals surface area contributed by atoms with Gasteiger partial charge < -0.3 is 0 Å². The van der Waals surface area contributed by atoms with Crippen molar-refractivity contribution in [2.45, 2.75) is 25.8 Å². The van der Waals surface area contributed by atoms with Gasteiger partial charge in [0, 0.05) is 4.47 Å². The van der Waals surface area contributed by atoms with Crippen molar-refractivity contribution in [3.05, 3.63) is 28.2 Å². The van der Waals surface area contributed by atoms with E-state index in [9.17, 15) is 13.2 Å². The summed E-state index contributed by atoms with van der Waals surface area (Å²) in [6.45, 7) is 6.30. The molecule has 1 rings (SSSR count). The molecule has 0 saturated heterocycles. The molecule has 0 radical (unpaired) electrons. The van der Waals surface area contributed by atoms with Crippen LogP contribution in [0.4, 0.5) is 13.2 Å². The van der Waals surface area contributed by atoms with Gasteiger partial charge in [-0.25, -0.2) is 0 Å². The Bertz CT molecular complexity index is 366. The van der Waals surface area contributed by atoms with E-state index in [0.717, 1.165) is 11.3 Å². The van der Waals surface area contributed by atoms with E-state index >= 15 is 0 Å². The zero-order chi connectivity index (χ0) is 11.9. The molecule has 0 saturated carbocycles. The molecule has 0 amide bonds. The quantitative estimate of drug-likeness (QED) is 0.687. The minimum Gasteiger partial charge on any atom is -0.166 e. The molecular formula is C10H12BrF3Si. The second kappa shape index (κ2) is 3.94. The number of halogens is 4. The summed E-state index contributed by atoms with van der Waals surface area (Å²) in [6, 6.07) is 4.33. The van der Waals surface area contributed by atoms with E-state index in [-0.39, 0.29) is 4.47 Å². The highest BCUT2D eigenvalue weighted by atomic mass is 79.9. The van der Waals surface area contributed by atoms with Crippen LogP contribution in [0.2, 0.25) is 19.6 Å². The lowest BCUT2D eigenvalue weighted by Gasteiger charge is -2.18. The van der Waals surface area contributed by atoms with Gasteiger partial charge >= 0.3 is 6.18 Å². The molecule has 0 aliphatic heterocycles. The third-order valence-corrected chi connectivity index (χ3v) is 4.84. The molecule has 84 valence electrons. The summed E-state index contributed by atoms with van der Waals surface area (Å²) in [5, 5.41) is 1.02. The monoisotopic (exact) mass is 296 g/mol. The van der Waals surface area contributed by atoms with E-state index in [1.165, 1.54) is 0 Å². The van der Waals surface area contributed by atoms with Gasteiger partial charge in [0.15, 0.2) is 0 Å². The Kier molecular flexibility index (Phi) is 3.35. The lowest BCUT2D eigenvalue weighted by molar-refractivity contribution is -0.138. The summed E-state index contributed by atoms with van der Waals surface area (Å²) in [6.07, 6.45) is -4.28. The van der Waals surface area contributed by atoms with Crippen molar-refractivity contribution in [1.82, 2.24) is 0 Å². The number of rotatable bonds is 1. The van der Waals surface area contributed by atoms with Crippen LogP contribution in [0.1, 0.15) is 5.56 Å². The van der Waals surface area contributed by atoms with Crippen molar-refractivity contribution < 1.29 is 13.2 Å². The van der Waals surface area contributed by atoms with Gasteiger partial charge in [0.2, 0.25) is 0 Å². The Hall–Kier alpha value is -0.293. The van der Waals surface area contributed by atoms with Crippen molar-refractivity contribution in [3.63, 3.8) is 0 Å². The van der Waals surface area contributed by atoms with Crippen molar-refractivity contribution in [2.75, 3.05) is 0 Å². The Labute approximate surface area is 96.6 Å². The van der Waals surface area contributed by atoms with Crippen LogP contribution in [-0.2, 0) is 6.18 Å². The summed E-state index contributed by atoms with van der Waals surface area (Å²) < 4.78 is 37.5. The van der Waals surface area contributed by atoms with Crippen LogP contribution in [0.15, 0.2) is 22.7 Å². The zero-order valence-corrected chi connectivity index (χ0v) is 11.3. The van der Waals surface area contributed by atoms with E-state index in [2.05, 4.69) is 35.6 Å². The van der Waals surface area contributed by atoms with Gasteiger partial charge in [-0.05, 0) is 12.1 Å². The average Bonchev–Trinajstić information content (AvgIpc) is 1.99. The molecule has 0 nitrogen and oxygen atoms in total. The first kappa shape index (κ1) is 12.8. The topological polar surface area (TPSA) is 0 Å². The highest BCUT2D eigenvalue weighted by Crippen LogP contribution is 2.34.